The van der Waals surface area contributed by atoms with Crippen LogP contribution in [0.25, 0.3) is 11.2 Å². The van der Waals surface area contributed by atoms with Gasteiger partial charge in [-0.3, -0.25) is 24.5 Å². The van der Waals surface area contributed by atoms with Gasteiger partial charge in [-0.2, -0.15) is 4.98 Å². The summed E-state index contributed by atoms with van der Waals surface area (Å²) in [7, 11) is 0. The molecular formula is C22H28N6O7. The van der Waals surface area contributed by atoms with Gasteiger partial charge in [0.05, 0.1) is 19.5 Å². The molecule has 0 fully saturated rings. The fourth-order valence-corrected chi connectivity index (χ4v) is 3.08. The van der Waals surface area contributed by atoms with E-state index >= 15 is 0 Å². The Morgan fingerprint density at radius 1 is 1.17 bits per heavy atom. The van der Waals surface area contributed by atoms with Crippen LogP contribution in [0.15, 0.2) is 41.5 Å². The highest BCUT2D eigenvalue weighted by atomic mass is 16.5. The molecule has 13 heteroatoms. The van der Waals surface area contributed by atoms with E-state index in [0.29, 0.717) is 0 Å². The number of H-pyrrole nitrogens is 1. The Hall–Kier alpha value is -3.81. The third-order valence-corrected chi connectivity index (χ3v) is 5.01. The number of benzene rings is 1. The molecule has 3 rings (SSSR count). The van der Waals surface area contributed by atoms with E-state index in [9.17, 15) is 14.4 Å². The minimum absolute atomic E-state index is 0.0131. The van der Waals surface area contributed by atoms with Crippen molar-refractivity contribution in [2.75, 3.05) is 18.5 Å². The summed E-state index contributed by atoms with van der Waals surface area (Å²) in [6.45, 7) is 2.60. The molecule has 0 saturated carbocycles. The van der Waals surface area contributed by atoms with Gasteiger partial charge in [-0.1, -0.05) is 44.2 Å². The lowest BCUT2D eigenvalue weighted by molar-refractivity contribution is -0.119. The van der Waals surface area contributed by atoms with Crippen molar-refractivity contribution < 1.29 is 29.3 Å². The van der Waals surface area contributed by atoms with Crippen LogP contribution < -0.4 is 16.2 Å². The molecule has 0 spiro atoms. The van der Waals surface area contributed by atoms with E-state index in [1.807, 2.05) is 30.3 Å². The zero-order valence-electron chi connectivity index (χ0n) is 19.3. The number of nitrogens with one attached hydrogen (secondary N) is 3. The second kappa shape index (κ2) is 12.1. The highest BCUT2D eigenvalue weighted by molar-refractivity contribution is 5.95. The normalized spacial score (nSPS) is 12.2. The zero-order valence-corrected chi connectivity index (χ0v) is 19.3. The van der Waals surface area contributed by atoms with Gasteiger partial charge in [0.25, 0.3) is 5.56 Å². The standard InChI is InChI=1S/C22H28N6O7/c1-13(2)16(24-22(33)34-10-14-6-4-3-5-7-14)19(31)26-21-25-18-17(20(32)27-21)23-11-28(18)12-35-15(8-29)9-30/h3-7,11,13,15-16,29-30H,8-10,12H2,1-2H3,(H,24,33)(H2,25,26,27,31,32)/t16-/m0/s1. The number of alkyl carbamates (subject to hydrolysis) is 1. The van der Waals surface area contributed by atoms with Crippen molar-refractivity contribution in [1.82, 2.24) is 24.8 Å². The molecule has 13 nitrogen and oxygen atoms in total. The Morgan fingerprint density at radius 2 is 1.89 bits per heavy atom. The van der Waals surface area contributed by atoms with E-state index in [1.165, 1.54) is 10.9 Å². The molecule has 0 saturated heterocycles. The van der Waals surface area contributed by atoms with Crippen molar-refractivity contribution in [2.45, 2.75) is 39.3 Å². The van der Waals surface area contributed by atoms with Crippen molar-refractivity contribution >= 4 is 29.1 Å². The molecule has 1 atom stereocenters. The maximum Gasteiger partial charge on any atom is 0.408 e. The maximum atomic E-state index is 12.9. The van der Waals surface area contributed by atoms with Crippen LogP contribution in [-0.4, -0.2) is 67.1 Å². The van der Waals surface area contributed by atoms with Crippen LogP contribution in [0.4, 0.5) is 10.7 Å². The molecule has 0 aliphatic rings. The monoisotopic (exact) mass is 488 g/mol. The lowest BCUT2D eigenvalue weighted by atomic mass is 10.0. The molecule has 0 aliphatic carbocycles. The number of nitrogens with zero attached hydrogens (tertiary/aromatic N) is 3. The average Bonchev–Trinajstić information content (AvgIpc) is 3.25. The van der Waals surface area contributed by atoms with Crippen LogP contribution in [0.3, 0.4) is 0 Å². The lowest BCUT2D eigenvalue weighted by Gasteiger charge is -2.21. The molecule has 1 aromatic carbocycles. The van der Waals surface area contributed by atoms with Crippen LogP contribution in [0.1, 0.15) is 19.4 Å². The number of imidazole rings is 1. The molecule has 0 radical (unpaired) electrons. The summed E-state index contributed by atoms with van der Waals surface area (Å²) in [6.07, 6.45) is -0.267. The number of carbonyl (C=O) groups is 2. The highest BCUT2D eigenvalue weighted by Crippen LogP contribution is 2.11. The molecule has 3 aromatic rings. The molecule has 0 bridgehead atoms. The van der Waals surface area contributed by atoms with Gasteiger partial charge in [0.2, 0.25) is 11.9 Å². The summed E-state index contributed by atoms with van der Waals surface area (Å²) in [4.78, 5) is 48.2. The Labute approximate surface area is 200 Å². The van der Waals surface area contributed by atoms with Gasteiger partial charge < -0.3 is 25.0 Å². The van der Waals surface area contributed by atoms with E-state index in [1.54, 1.807) is 13.8 Å². The van der Waals surface area contributed by atoms with Crippen LogP contribution >= 0.6 is 0 Å². The molecule has 0 aliphatic heterocycles. The van der Waals surface area contributed by atoms with E-state index in [0.717, 1.165) is 5.56 Å². The van der Waals surface area contributed by atoms with Gasteiger partial charge in [0, 0.05) is 0 Å². The summed E-state index contributed by atoms with van der Waals surface area (Å²) in [6, 6.07) is 8.13. The van der Waals surface area contributed by atoms with Crippen molar-refractivity contribution in [3.05, 3.63) is 52.6 Å². The number of carbonyl (C=O) groups excluding carboxylic acids is 2. The average molecular weight is 489 g/mol. The van der Waals surface area contributed by atoms with Crippen LogP contribution in [0.5, 0.6) is 0 Å². The number of hydrogen-bond acceptors (Lipinski definition) is 9. The first-order valence-corrected chi connectivity index (χ1v) is 10.9. The van der Waals surface area contributed by atoms with Crippen LogP contribution in [0.2, 0.25) is 0 Å². The van der Waals surface area contributed by atoms with Gasteiger partial charge in [-0.15, -0.1) is 0 Å². The summed E-state index contributed by atoms with van der Waals surface area (Å²) in [5.74, 6) is -1.06. The molecule has 2 heterocycles. The summed E-state index contributed by atoms with van der Waals surface area (Å²) >= 11 is 0. The smallest absolute Gasteiger partial charge is 0.408 e. The first-order chi connectivity index (χ1) is 16.8. The Kier molecular flexibility index (Phi) is 8.89. The van der Waals surface area contributed by atoms with Crippen molar-refractivity contribution in [2.24, 2.45) is 5.92 Å². The van der Waals surface area contributed by atoms with Crippen molar-refractivity contribution in [3.63, 3.8) is 0 Å². The lowest BCUT2D eigenvalue weighted by Crippen LogP contribution is -2.47. The third kappa shape index (κ3) is 6.85. The summed E-state index contributed by atoms with van der Waals surface area (Å²) in [5.41, 5.74) is 0.337. The van der Waals surface area contributed by atoms with Gasteiger partial charge in [0.15, 0.2) is 11.2 Å². The second-order valence-corrected chi connectivity index (χ2v) is 8.00. The Morgan fingerprint density at radius 3 is 2.54 bits per heavy atom. The Balaban J connectivity index is 1.69. The van der Waals surface area contributed by atoms with E-state index < -0.39 is 42.9 Å². The second-order valence-electron chi connectivity index (χ2n) is 8.00. The minimum atomic E-state index is -0.970. The number of aromatic amines is 1. The fraction of sp³-hybridized carbons (Fsp3) is 0.409. The molecule has 188 valence electrons. The van der Waals surface area contributed by atoms with E-state index in [2.05, 4.69) is 25.6 Å². The number of fused-ring (bicyclic) bond motifs is 1. The molecule has 5 N–H and O–H groups in total. The molecular weight excluding hydrogens is 460 g/mol. The predicted molar refractivity (Wildman–Crippen MR) is 124 cm³/mol. The SMILES string of the molecule is CC(C)[C@H](NC(=O)OCc1ccccc1)C(=O)Nc1nc2c(ncn2COC(CO)CO)c(=O)[nH]1. The molecule has 2 aromatic heterocycles. The topological polar surface area (TPSA) is 181 Å². The van der Waals surface area contributed by atoms with Crippen LogP contribution in [0, 0.1) is 5.92 Å². The zero-order chi connectivity index (χ0) is 25.4. The number of rotatable bonds is 11. The number of amides is 2. The third-order valence-electron chi connectivity index (χ3n) is 5.01. The number of aliphatic hydroxyl groups is 2. The van der Waals surface area contributed by atoms with Gasteiger partial charge >= 0.3 is 6.09 Å². The van der Waals surface area contributed by atoms with Crippen LogP contribution in [-0.2, 0) is 27.6 Å². The first kappa shape index (κ1) is 25.8. The van der Waals surface area contributed by atoms with Gasteiger partial charge in [-0.25, -0.2) is 9.78 Å². The predicted octanol–water partition coefficient (Wildman–Crippen LogP) is 0.336. The molecule has 0 unspecified atom stereocenters. The van der Waals surface area contributed by atoms with Crippen molar-refractivity contribution in [3.8, 4) is 0 Å². The Bertz CT molecular complexity index is 1190. The van der Waals surface area contributed by atoms with Crippen molar-refractivity contribution in [1.29, 1.82) is 0 Å². The van der Waals surface area contributed by atoms with Gasteiger partial charge in [-0.05, 0) is 11.5 Å². The number of anilines is 1. The molecule has 2 amide bonds. The van der Waals surface area contributed by atoms with E-state index in [4.69, 9.17) is 19.7 Å². The fourth-order valence-electron chi connectivity index (χ4n) is 3.08. The number of hydrogen-bond donors (Lipinski definition) is 5. The number of aliphatic hydroxyl groups excluding tert-OH is 2. The number of aromatic nitrogens is 4. The van der Waals surface area contributed by atoms with E-state index in [-0.39, 0.29) is 36.4 Å². The summed E-state index contributed by atoms with van der Waals surface area (Å²) in [5, 5.41) is 23.3. The maximum absolute atomic E-state index is 12.9. The highest BCUT2D eigenvalue weighted by Gasteiger charge is 2.26. The number of ether oxygens (including phenoxy) is 2. The van der Waals surface area contributed by atoms with Gasteiger partial charge in [0.1, 0.15) is 25.5 Å². The summed E-state index contributed by atoms with van der Waals surface area (Å²) < 4.78 is 11.9. The first-order valence-electron chi connectivity index (χ1n) is 10.9. The minimum Gasteiger partial charge on any atom is -0.445 e. The largest absolute Gasteiger partial charge is 0.445 e. The molecule has 35 heavy (non-hydrogen) atoms. The quantitative estimate of drug-likeness (QED) is 0.254.